The van der Waals surface area contributed by atoms with Gasteiger partial charge in [0.15, 0.2) is 0 Å². The number of fused-ring (bicyclic) bond motifs is 5. The number of alkyl halides is 1. The fourth-order valence-corrected chi connectivity index (χ4v) is 10.2. The molecule has 0 bridgehead atoms. The first-order valence-corrected chi connectivity index (χ1v) is 15.3. The number of aliphatic carboxylic acids is 1. The lowest BCUT2D eigenvalue weighted by molar-refractivity contribution is -0.240. The Balaban J connectivity index is 1.78. The molecule has 0 aromatic rings. The highest BCUT2D eigenvalue weighted by Crippen LogP contribution is 2.74. The standard InChI is InChI=1S/C30H47BrO6/c1-16(2)7-8-18(27(35)36)25-20-13-22(33)26-28(4)11-10-21(32)17(3)19(28)9-12-29(26,5)30(20,6)14-23(25)37-24(34)15-31/h7,17-23,25-26,32-33H,8-15H2,1-6H3,(H,35,36)/t17-,18+,19?,20?,21+,22+,23-,25+,26?,28-,29-,30-/m0/s1. The zero-order chi connectivity index (χ0) is 27.5. The number of carboxylic acids is 1. The van der Waals surface area contributed by atoms with Crippen LogP contribution in [-0.4, -0.2) is 50.9 Å². The molecule has 12 atom stereocenters. The molecule has 6 nitrogen and oxygen atoms in total. The second-order valence-electron chi connectivity index (χ2n) is 13.7. The predicted octanol–water partition coefficient (Wildman–Crippen LogP) is 5.59. The Morgan fingerprint density at radius 3 is 2.32 bits per heavy atom. The molecule has 4 saturated carbocycles. The van der Waals surface area contributed by atoms with Gasteiger partial charge in [-0.1, -0.05) is 55.3 Å². The average molecular weight is 584 g/mol. The molecule has 3 unspecified atom stereocenters. The van der Waals surface area contributed by atoms with Crippen molar-refractivity contribution in [3.63, 3.8) is 0 Å². The van der Waals surface area contributed by atoms with E-state index in [1.54, 1.807) is 0 Å². The molecule has 37 heavy (non-hydrogen) atoms. The molecule has 3 N–H and O–H groups in total. The molecule has 0 aromatic heterocycles. The van der Waals surface area contributed by atoms with Crippen molar-refractivity contribution < 1.29 is 29.6 Å². The number of aliphatic hydroxyl groups excluding tert-OH is 2. The van der Waals surface area contributed by atoms with E-state index >= 15 is 0 Å². The van der Waals surface area contributed by atoms with E-state index in [1.165, 1.54) is 0 Å². The maximum Gasteiger partial charge on any atom is 0.316 e. The first-order valence-electron chi connectivity index (χ1n) is 14.2. The molecule has 4 fully saturated rings. The summed E-state index contributed by atoms with van der Waals surface area (Å²) in [5.74, 6) is -1.71. The number of carbonyl (C=O) groups excluding carboxylic acids is 1. The molecule has 0 aromatic carbocycles. The van der Waals surface area contributed by atoms with Gasteiger partial charge in [0.1, 0.15) is 11.4 Å². The van der Waals surface area contributed by atoms with E-state index in [2.05, 4.69) is 43.6 Å². The Kier molecular flexibility index (Phi) is 8.05. The van der Waals surface area contributed by atoms with E-state index in [9.17, 15) is 24.9 Å². The van der Waals surface area contributed by atoms with Crippen molar-refractivity contribution in [2.75, 3.05) is 5.33 Å². The third kappa shape index (κ3) is 4.53. The molecule has 0 amide bonds. The van der Waals surface area contributed by atoms with Gasteiger partial charge in [0.2, 0.25) is 0 Å². The summed E-state index contributed by atoms with van der Waals surface area (Å²) in [4.78, 5) is 25.2. The number of allylic oxidation sites excluding steroid dienone is 2. The van der Waals surface area contributed by atoms with E-state index < -0.39 is 24.1 Å². The van der Waals surface area contributed by atoms with Gasteiger partial charge in [-0.05, 0) is 98.7 Å². The molecule has 4 aliphatic rings. The van der Waals surface area contributed by atoms with Crippen LogP contribution < -0.4 is 0 Å². The van der Waals surface area contributed by atoms with Crippen molar-refractivity contribution in [1.29, 1.82) is 0 Å². The van der Waals surface area contributed by atoms with Gasteiger partial charge in [-0.15, -0.1) is 0 Å². The first-order chi connectivity index (χ1) is 17.2. The molecule has 0 heterocycles. The van der Waals surface area contributed by atoms with Crippen molar-refractivity contribution in [3.05, 3.63) is 11.6 Å². The zero-order valence-corrected chi connectivity index (χ0v) is 25.0. The highest BCUT2D eigenvalue weighted by atomic mass is 79.9. The lowest BCUT2D eigenvalue weighted by Crippen LogP contribution is -2.66. The lowest BCUT2D eigenvalue weighted by atomic mass is 9.36. The van der Waals surface area contributed by atoms with E-state index in [1.807, 2.05) is 19.9 Å². The minimum absolute atomic E-state index is 0.0577. The fourth-order valence-electron chi connectivity index (χ4n) is 10.1. The van der Waals surface area contributed by atoms with Gasteiger partial charge in [0, 0.05) is 5.92 Å². The summed E-state index contributed by atoms with van der Waals surface area (Å²) >= 11 is 3.22. The van der Waals surface area contributed by atoms with E-state index in [0.717, 1.165) is 31.3 Å². The quantitative estimate of drug-likeness (QED) is 0.214. The molecule has 210 valence electrons. The second-order valence-corrected chi connectivity index (χ2v) is 14.3. The van der Waals surface area contributed by atoms with Gasteiger partial charge in [0.05, 0.1) is 18.1 Å². The Bertz CT molecular complexity index is 931. The van der Waals surface area contributed by atoms with Crippen LogP contribution in [0.4, 0.5) is 0 Å². The summed E-state index contributed by atoms with van der Waals surface area (Å²) in [7, 11) is 0. The van der Waals surface area contributed by atoms with Crippen molar-refractivity contribution in [2.24, 2.45) is 51.8 Å². The van der Waals surface area contributed by atoms with Crippen molar-refractivity contribution in [3.8, 4) is 0 Å². The van der Waals surface area contributed by atoms with Gasteiger partial charge in [-0.2, -0.15) is 0 Å². The number of hydrogen-bond acceptors (Lipinski definition) is 5. The summed E-state index contributed by atoms with van der Waals surface area (Å²) in [6, 6.07) is 0. The Hall–Kier alpha value is -0.920. The molecular formula is C30H47BrO6. The molecule has 0 aliphatic heterocycles. The van der Waals surface area contributed by atoms with Crippen molar-refractivity contribution in [2.45, 2.75) is 105 Å². The minimum atomic E-state index is -0.862. The van der Waals surface area contributed by atoms with Gasteiger partial charge in [-0.3, -0.25) is 9.59 Å². The van der Waals surface area contributed by atoms with Crippen LogP contribution in [0, 0.1) is 51.8 Å². The van der Waals surface area contributed by atoms with Crippen molar-refractivity contribution in [1.82, 2.24) is 0 Å². The normalized spacial score (nSPS) is 47.7. The summed E-state index contributed by atoms with van der Waals surface area (Å²) in [5, 5.41) is 33.0. The van der Waals surface area contributed by atoms with Gasteiger partial charge < -0.3 is 20.1 Å². The molecular weight excluding hydrogens is 536 g/mol. The smallest absolute Gasteiger partial charge is 0.316 e. The first kappa shape index (κ1) is 29.1. The van der Waals surface area contributed by atoms with Gasteiger partial charge in [-0.25, -0.2) is 0 Å². The summed E-state index contributed by atoms with van der Waals surface area (Å²) < 4.78 is 6.01. The third-order valence-corrected chi connectivity index (χ3v) is 12.4. The van der Waals surface area contributed by atoms with Gasteiger partial charge in [0.25, 0.3) is 0 Å². The van der Waals surface area contributed by atoms with E-state index in [-0.39, 0.29) is 57.3 Å². The van der Waals surface area contributed by atoms with Crippen LogP contribution >= 0.6 is 15.9 Å². The summed E-state index contributed by atoms with van der Waals surface area (Å²) in [6.07, 6.45) is 5.75. The lowest BCUT2D eigenvalue weighted by Gasteiger charge is -2.69. The van der Waals surface area contributed by atoms with Crippen LogP contribution in [0.1, 0.15) is 86.5 Å². The third-order valence-electron chi connectivity index (χ3n) is 11.9. The molecule has 4 rings (SSSR count). The Labute approximate surface area is 230 Å². The minimum Gasteiger partial charge on any atom is -0.481 e. The van der Waals surface area contributed by atoms with E-state index in [4.69, 9.17) is 4.74 Å². The Morgan fingerprint density at radius 1 is 1.05 bits per heavy atom. The molecule has 0 spiro atoms. The van der Waals surface area contributed by atoms with Crippen LogP contribution in [0.2, 0.25) is 0 Å². The number of carboxylic acid groups (broad SMARTS) is 1. The predicted molar refractivity (Wildman–Crippen MR) is 146 cm³/mol. The van der Waals surface area contributed by atoms with Gasteiger partial charge >= 0.3 is 11.9 Å². The number of hydrogen-bond donors (Lipinski definition) is 3. The summed E-state index contributed by atoms with van der Waals surface area (Å²) in [6.45, 7) is 13.0. The second kappa shape index (κ2) is 10.2. The number of ether oxygens (including phenoxy) is 1. The Morgan fingerprint density at radius 2 is 1.73 bits per heavy atom. The highest BCUT2D eigenvalue weighted by molar-refractivity contribution is 9.09. The number of aliphatic hydroxyl groups is 2. The molecule has 7 heteroatoms. The molecule has 0 saturated heterocycles. The largest absolute Gasteiger partial charge is 0.481 e. The highest BCUT2D eigenvalue weighted by Gasteiger charge is 2.72. The number of esters is 1. The van der Waals surface area contributed by atoms with E-state index in [0.29, 0.717) is 25.2 Å². The number of rotatable bonds is 6. The van der Waals surface area contributed by atoms with Crippen molar-refractivity contribution >= 4 is 27.9 Å². The molecule has 4 aliphatic carbocycles. The van der Waals surface area contributed by atoms with Crippen LogP contribution in [-0.2, 0) is 14.3 Å². The van der Waals surface area contributed by atoms with Crippen LogP contribution in [0.3, 0.4) is 0 Å². The monoisotopic (exact) mass is 582 g/mol. The maximum absolute atomic E-state index is 12.7. The maximum atomic E-state index is 12.7. The SMILES string of the molecule is CC(C)=CC[C@@H](C(=O)O)[C@@H]1C2C[C@@H](O)C3[C@@]4(C)CC[C@@H](O)[C@@H](C)C4CC[C@]3(C)[C@@]2(C)C[C@@H]1OC(=O)CBr. The topological polar surface area (TPSA) is 104 Å². The van der Waals surface area contributed by atoms with Crippen LogP contribution in [0.5, 0.6) is 0 Å². The van der Waals surface area contributed by atoms with Crippen LogP contribution in [0.15, 0.2) is 11.6 Å². The number of halogens is 1. The van der Waals surface area contributed by atoms with Crippen LogP contribution in [0.25, 0.3) is 0 Å². The summed E-state index contributed by atoms with van der Waals surface area (Å²) in [5.41, 5.74) is 0.477. The average Bonchev–Trinajstić information content (AvgIpc) is 3.08. The fraction of sp³-hybridized carbons (Fsp3) is 0.867. The number of carbonyl (C=O) groups is 2. The zero-order valence-electron chi connectivity index (χ0n) is 23.4. The molecule has 0 radical (unpaired) electrons.